The third-order valence-corrected chi connectivity index (χ3v) is 3.71. The minimum atomic E-state index is -0.202. The molecule has 0 spiro atoms. The molecule has 0 aromatic carbocycles. The molecule has 3 nitrogen and oxygen atoms in total. The first-order valence-electron chi connectivity index (χ1n) is 5.87. The van der Waals surface area contributed by atoms with E-state index in [0.717, 1.165) is 32.1 Å². The largest absolute Gasteiger partial charge is 0.462 e. The number of aliphatic hydroxyl groups excluding tert-OH is 1. The monoisotopic (exact) mass is 212 g/mol. The van der Waals surface area contributed by atoms with E-state index in [2.05, 4.69) is 13.8 Å². The Labute approximate surface area is 90.8 Å². The molecular formula is C12H20O3. The van der Waals surface area contributed by atoms with Crippen LogP contribution in [0.25, 0.3) is 0 Å². The lowest BCUT2D eigenvalue weighted by Gasteiger charge is -2.24. The van der Waals surface area contributed by atoms with E-state index in [1.807, 2.05) is 0 Å². The van der Waals surface area contributed by atoms with Crippen molar-refractivity contribution in [2.45, 2.75) is 58.2 Å². The Kier molecular flexibility index (Phi) is 2.75. The first-order chi connectivity index (χ1) is 6.99. The summed E-state index contributed by atoms with van der Waals surface area (Å²) in [6.07, 6.45) is 3.99. The predicted octanol–water partition coefficient (Wildman–Crippen LogP) is 1.88. The van der Waals surface area contributed by atoms with Crippen LogP contribution in [0.4, 0.5) is 0 Å². The smallest absolute Gasteiger partial charge is 0.309 e. The van der Waals surface area contributed by atoms with Crippen LogP contribution in [0.1, 0.15) is 46.0 Å². The van der Waals surface area contributed by atoms with Crippen LogP contribution in [0.2, 0.25) is 0 Å². The van der Waals surface area contributed by atoms with E-state index >= 15 is 0 Å². The molecule has 1 N–H and O–H groups in total. The van der Waals surface area contributed by atoms with E-state index in [9.17, 15) is 9.90 Å². The highest BCUT2D eigenvalue weighted by Crippen LogP contribution is 2.47. The molecule has 86 valence electrons. The van der Waals surface area contributed by atoms with Crippen molar-refractivity contribution in [2.75, 3.05) is 0 Å². The lowest BCUT2D eigenvalue weighted by molar-refractivity contribution is -0.152. The molecule has 1 unspecified atom stereocenters. The van der Waals surface area contributed by atoms with Gasteiger partial charge in [-0.3, -0.25) is 4.79 Å². The number of rotatable bonds is 2. The summed E-state index contributed by atoms with van der Waals surface area (Å²) in [6.45, 7) is 4.24. The lowest BCUT2D eigenvalue weighted by Crippen LogP contribution is -2.26. The molecular weight excluding hydrogens is 192 g/mol. The van der Waals surface area contributed by atoms with Crippen molar-refractivity contribution in [3.63, 3.8) is 0 Å². The maximum absolute atomic E-state index is 11.7. The number of esters is 1. The summed E-state index contributed by atoms with van der Waals surface area (Å²) in [6, 6.07) is 0. The van der Waals surface area contributed by atoms with Gasteiger partial charge in [0.05, 0.1) is 12.0 Å². The summed E-state index contributed by atoms with van der Waals surface area (Å²) < 4.78 is 5.43. The highest BCUT2D eigenvalue weighted by atomic mass is 16.6. The zero-order chi connectivity index (χ0) is 11.1. The number of carbonyl (C=O) groups excluding carboxylic acids is 1. The molecule has 15 heavy (non-hydrogen) atoms. The molecule has 2 saturated carbocycles. The number of hydrogen-bond donors (Lipinski definition) is 1. The number of hydrogen-bond acceptors (Lipinski definition) is 3. The van der Waals surface area contributed by atoms with Crippen molar-refractivity contribution in [1.82, 2.24) is 0 Å². The van der Waals surface area contributed by atoms with Crippen LogP contribution >= 0.6 is 0 Å². The van der Waals surface area contributed by atoms with Gasteiger partial charge in [-0.15, -0.1) is 0 Å². The number of aliphatic hydroxyl groups is 1. The molecule has 0 aliphatic heterocycles. The van der Waals surface area contributed by atoms with Crippen molar-refractivity contribution in [3.05, 3.63) is 0 Å². The van der Waals surface area contributed by atoms with Gasteiger partial charge in [-0.2, -0.15) is 0 Å². The van der Waals surface area contributed by atoms with Gasteiger partial charge in [0.2, 0.25) is 0 Å². The zero-order valence-electron chi connectivity index (χ0n) is 9.53. The van der Waals surface area contributed by atoms with Gasteiger partial charge in [-0.1, -0.05) is 13.8 Å². The fraction of sp³-hybridized carbons (Fsp3) is 0.917. The van der Waals surface area contributed by atoms with Crippen LogP contribution in [-0.2, 0) is 9.53 Å². The van der Waals surface area contributed by atoms with Gasteiger partial charge in [0.15, 0.2) is 0 Å². The van der Waals surface area contributed by atoms with Gasteiger partial charge in [0, 0.05) is 5.41 Å². The average molecular weight is 212 g/mol. The highest BCUT2D eigenvalue weighted by molar-refractivity contribution is 5.73. The van der Waals surface area contributed by atoms with Gasteiger partial charge < -0.3 is 9.84 Å². The summed E-state index contributed by atoms with van der Waals surface area (Å²) in [5, 5.41) is 9.33. The fourth-order valence-corrected chi connectivity index (χ4v) is 2.17. The molecule has 0 aromatic heterocycles. The second-order valence-electron chi connectivity index (χ2n) is 5.62. The molecule has 3 heteroatoms. The van der Waals surface area contributed by atoms with E-state index in [-0.39, 0.29) is 29.5 Å². The molecule has 0 saturated heterocycles. The fourth-order valence-electron chi connectivity index (χ4n) is 2.17. The first-order valence-corrected chi connectivity index (χ1v) is 5.87. The van der Waals surface area contributed by atoms with Crippen molar-refractivity contribution in [3.8, 4) is 0 Å². The second kappa shape index (κ2) is 3.78. The summed E-state index contributed by atoms with van der Waals surface area (Å²) in [5.74, 6) is -0.0118. The Balaban J connectivity index is 1.77. The van der Waals surface area contributed by atoms with Crippen molar-refractivity contribution in [2.24, 2.45) is 11.3 Å². The third kappa shape index (κ3) is 2.51. The van der Waals surface area contributed by atoms with Gasteiger partial charge >= 0.3 is 5.97 Å². The summed E-state index contributed by atoms with van der Waals surface area (Å²) in [4.78, 5) is 11.7. The van der Waals surface area contributed by atoms with Crippen LogP contribution in [0.5, 0.6) is 0 Å². The van der Waals surface area contributed by atoms with Gasteiger partial charge in [0.1, 0.15) is 6.10 Å². The molecule has 0 amide bonds. The molecule has 2 aliphatic carbocycles. The van der Waals surface area contributed by atoms with Crippen molar-refractivity contribution in [1.29, 1.82) is 0 Å². The SMILES string of the molecule is CC1(C)CC1OC(=O)C1CCC(O)CC1. The van der Waals surface area contributed by atoms with Gasteiger partial charge in [-0.05, 0) is 32.1 Å². The minimum Gasteiger partial charge on any atom is -0.462 e. The molecule has 2 rings (SSSR count). The van der Waals surface area contributed by atoms with Gasteiger partial charge in [0.25, 0.3) is 0 Å². The quantitative estimate of drug-likeness (QED) is 0.711. The molecule has 0 bridgehead atoms. The van der Waals surface area contributed by atoms with Gasteiger partial charge in [-0.25, -0.2) is 0 Å². The second-order valence-corrected chi connectivity index (χ2v) is 5.62. The van der Waals surface area contributed by atoms with E-state index in [4.69, 9.17) is 4.74 Å². The summed E-state index contributed by atoms with van der Waals surface area (Å²) >= 11 is 0. The molecule has 1 atom stereocenters. The van der Waals surface area contributed by atoms with E-state index in [1.54, 1.807) is 0 Å². The van der Waals surface area contributed by atoms with Crippen LogP contribution < -0.4 is 0 Å². The van der Waals surface area contributed by atoms with Crippen LogP contribution in [0.15, 0.2) is 0 Å². The summed E-state index contributed by atoms with van der Waals surface area (Å²) in [7, 11) is 0. The molecule has 0 radical (unpaired) electrons. The predicted molar refractivity (Wildman–Crippen MR) is 56.2 cm³/mol. The Morgan fingerprint density at radius 3 is 2.27 bits per heavy atom. The maximum Gasteiger partial charge on any atom is 0.309 e. The highest BCUT2D eigenvalue weighted by Gasteiger charge is 2.49. The van der Waals surface area contributed by atoms with Crippen LogP contribution in [-0.4, -0.2) is 23.3 Å². The van der Waals surface area contributed by atoms with Crippen LogP contribution in [0.3, 0.4) is 0 Å². The van der Waals surface area contributed by atoms with E-state index in [0.29, 0.717) is 0 Å². The normalized spacial score (nSPS) is 38.5. The van der Waals surface area contributed by atoms with E-state index in [1.165, 1.54) is 0 Å². The Bertz CT molecular complexity index is 252. The first kappa shape index (κ1) is 10.9. The Morgan fingerprint density at radius 1 is 1.27 bits per heavy atom. The third-order valence-electron chi connectivity index (χ3n) is 3.71. The standard InChI is InChI=1S/C12H20O3/c1-12(2)7-10(12)15-11(14)8-3-5-9(13)6-4-8/h8-10,13H,3-7H2,1-2H3. The zero-order valence-corrected chi connectivity index (χ0v) is 9.53. The maximum atomic E-state index is 11.7. The van der Waals surface area contributed by atoms with Crippen molar-refractivity contribution >= 4 is 5.97 Å². The molecule has 0 heterocycles. The Hall–Kier alpha value is -0.570. The molecule has 0 aromatic rings. The van der Waals surface area contributed by atoms with Crippen molar-refractivity contribution < 1.29 is 14.6 Å². The minimum absolute atomic E-state index is 0.0322. The number of carbonyl (C=O) groups is 1. The molecule has 2 fully saturated rings. The topological polar surface area (TPSA) is 46.5 Å². The van der Waals surface area contributed by atoms with E-state index < -0.39 is 0 Å². The average Bonchev–Trinajstić information content (AvgIpc) is 2.74. The molecule has 2 aliphatic rings. The summed E-state index contributed by atoms with van der Waals surface area (Å²) in [5.41, 5.74) is 0.198. The number of ether oxygens (including phenoxy) is 1. The Morgan fingerprint density at radius 2 is 1.80 bits per heavy atom. The lowest BCUT2D eigenvalue weighted by atomic mass is 9.87. The van der Waals surface area contributed by atoms with Crippen LogP contribution in [0, 0.1) is 11.3 Å².